The molecule has 13 N–H and O–H groups in total. The number of aromatic carboxylic acids is 2. The lowest BCUT2D eigenvalue weighted by Crippen LogP contribution is -2.21. The van der Waals surface area contributed by atoms with Gasteiger partial charge in [0.15, 0.2) is 17.2 Å². The summed E-state index contributed by atoms with van der Waals surface area (Å²) < 4.78 is 62.0. The number of nitriles is 2. The molecule has 0 saturated carbocycles. The van der Waals surface area contributed by atoms with Crippen LogP contribution in [0.2, 0.25) is 0 Å². The van der Waals surface area contributed by atoms with Gasteiger partial charge in [0.05, 0.1) is 63.1 Å². The number of halogens is 3. The van der Waals surface area contributed by atoms with E-state index in [9.17, 15) is 53.1 Å². The fourth-order valence-corrected chi connectivity index (χ4v) is 8.75. The minimum Gasteiger partial charge on any atom is -0.494 e. The summed E-state index contributed by atoms with van der Waals surface area (Å²) in [5, 5.41) is 47.3. The van der Waals surface area contributed by atoms with Gasteiger partial charge in [0.1, 0.15) is 134 Å². The lowest BCUT2D eigenvalue weighted by molar-refractivity contribution is 0.0597. The molecular formula is C55H49F3N18O10. The summed E-state index contributed by atoms with van der Waals surface area (Å²) in [5.74, 6) is -5.45. The number of fused-ring (bicyclic) bond motifs is 3. The number of amides is 1. The number of aromatic nitrogens is 9. The van der Waals surface area contributed by atoms with Crippen LogP contribution in [0.4, 0.5) is 48.1 Å². The predicted molar refractivity (Wildman–Crippen MR) is 303 cm³/mol. The van der Waals surface area contributed by atoms with Crippen LogP contribution in [0.1, 0.15) is 109 Å². The number of carboxylic acid groups (broad SMARTS) is 2. The first-order valence-electron chi connectivity index (χ1n) is 24.8. The van der Waals surface area contributed by atoms with Gasteiger partial charge in [-0.25, -0.2) is 72.4 Å². The molecule has 0 bridgehead atoms. The average Bonchev–Trinajstić information content (AvgIpc) is 0.849. The first-order valence-corrected chi connectivity index (χ1v) is 24.8. The van der Waals surface area contributed by atoms with Gasteiger partial charge < -0.3 is 68.0 Å². The zero-order valence-corrected chi connectivity index (χ0v) is 46.2. The molecule has 0 aliphatic carbocycles. The molecule has 0 spiro atoms. The van der Waals surface area contributed by atoms with Crippen LogP contribution >= 0.6 is 0 Å². The summed E-state index contributed by atoms with van der Waals surface area (Å²) in [5.41, 5.74) is 23.8. The lowest BCUT2D eigenvalue weighted by atomic mass is 10.0. The third-order valence-corrected chi connectivity index (χ3v) is 12.6. The van der Waals surface area contributed by atoms with Gasteiger partial charge in [-0.3, -0.25) is 4.79 Å². The highest BCUT2D eigenvalue weighted by molar-refractivity contribution is 6.08. The fourth-order valence-electron chi connectivity index (χ4n) is 8.75. The van der Waals surface area contributed by atoms with E-state index in [0.29, 0.717) is 11.2 Å². The molecule has 0 fully saturated rings. The first-order chi connectivity index (χ1) is 41.0. The Kier molecular flexibility index (Phi) is 18.8. The smallest absolute Gasteiger partial charge is 0.342 e. The van der Waals surface area contributed by atoms with Crippen molar-refractivity contribution in [2.45, 2.75) is 38.9 Å². The largest absolute Gasteiger partial charge is 0.494 e. The second-order valence-corrected chi connectivity index (χ2v) is 17.9. The zero-order chi connectivity index (χ0) is 62.8. The van der Waals surface area contributed by atoms with E-state index in [1.807, 2.05) is 12.1 Å². The number of benzene rings is 3. The number of carbonyl (C=O) groups is 4. The van der Waals surface area contributed by atoms with Crippen LogP contribution in [-0.2, 0) is 4.74 Å². The molecule has 0 aliphatic rings. The van der Waals surface area contributed by atoms with Crippen molar-refractivity contribution in [3.8, 4) is 29.4 Å². The van der Waals surface area contributed by atoms with Gasteiger partial charge in [0.2, 0.25) is 0 Å². The third-order valence-electron chi connectivity index (χ3n) is 12.6. The Morgan fingerprint density at radius 1 is 0.512 bits per heavy atom. The van der Waals surface area contributed by atoms with Gasteiger partial charge in [-0.2, -0.15) is 10.5 Å². The molecule has 31 heteroatoms. The number of pyridine rings is 3. The van der Waals surface area contributed by atoms with Crippen molar-refractivity contribution in [3.63, 3.8) is 0 Å². The number of methoxy groups -OCH3 is 4. The highest BCUT2D eigenvalue weighted by Gasteiger charge is 2.30. The van der Waals surface area contributed by atoms with Crippen molar-refractivity contribution in [2.24, 2.45) is 5.73 Å². The number of carbonyl (C=O) groups excluding carboxylic acids is 2. The van der Waals surface area contributed by atoms with Crippen LogP contribution < -0.4 is 53.1 Å². The number of ether oxygens (including phenoxy) is 4. The standard InChI is InChI=1S/C19H17FN6O3.C18H17FN6O4.C18H15FN6O3/c1-9(25-18-12(7-21)17(22)23-8-24-18)15-16(28-2)14(19(27)29-3)11-6-10(20)4-5-13(11)26-15;1-7(24-17-12(16(21)26)15(20)22-6-23-17)13-14(29-2)11(18(27)28)9-5-8(19)3-4-10(9)25-13;1-8(24-17-11(6-20)16(21)22-7-23-17)14-15(28-2)13(18(26)27)10-5-9(19)3-4-12(10)25-14/h4-6,8-9H,1-3H3,(H3,22,23,24,25);3-7H,1-2H3,(H2,21,26)(H,27,28)(H3,20,22,23,24);3-5,7-8H,1-2H3,(H,26,27)(H3,21,22,23,24). The Labute approximate surface area is 484 Å². The van der Waals surface area contributed by atoms with Crippen molar-refractivity contribution in [1.29, 1.82) is 10.5 Å². The number of rotatable bonds is 16. The van der Waals surface area contributed by atoms with Crippen molar-refractivity contribution in [1.82, 2.24) is 44.9 Å². The summed E-state index contributed by atoms with van der Waals surface area (Å²) in [7, 11) is 5.17. The van der Waals surface area contributed by atoms with E-state index in [0.717, 1.165) is 18.5 Å². The first kappa shape index (κ1) is 61.6. The van der Waals surface area contributed by atoms with Gasteiger partial charge >= 0.3 is 17.9 Å². The fraction of sp³-hybridized carbons (Fsp3) is 0.182. The molecule has 0 saturated heterocycles. The number of nitrogens with zero attached hydrogens (tertiary/aromatic N) is 11. The Hall–Kier alpha value is -12.0. The van der Waals surface area contributed by atoms with Crippen LogP contribution in [0.25, 0.3) is 32.7 Å². The number of carboxylic acids is 2. The molecule has 9 rings (SSSR count). The topological polar surface area (TPSA) is 449 Å². The van der Waals surface area contributed by atoms with Crippen molar-refractivity contribution < 1.29 is 61.5 Å². The van der Waals surface area contributed by atoms with E-state index in [1.165, 1.54) is 83.6 Å². The predicted octanol–water partition coefficient (Wildman–Crippen LogP) is 6.81. The quantitative estimate of drug-likeness (QED) is 0.0448. The lowest BCUT2D eigenvalue weighted by Gasteiger charge is -2.20. The van der Waals surface area contributed by atoms with Crippen molar-refractivity contribution >= 4 is 91.4 Å². The minimum atomic E-state index is -1.31. The second-order valence-electron chi connectivity index (χ2n) is 17.9. The van der Waals surface area contributed by atoms with Crippen LogP contribution in [0.3, 0.4) is 0 Å². The normalized spacial score (nSPS) is 11.7. The molecular weight excluding hydrogens is 1130 g/mol. The number of nitrogens with one attached hydrogen (secondary N) is 3. The Morgan fingerprint density at radius 3 is 1.16 bits per heavy atom. The zero-order valence-electron chi connectivity index (χ0n) is 46.2. The molecule has 3 aromatic carbocycles. The van der Waals surface area contributed by atoms with Gasteiger partial charge in [0, 0.05) is 16.2 Å². The molecule has 0 radical (unpaired) electrons. The molecule has 3 atom stereocenters. The highest BCUT2D eigenvalue weighted by Crippen LogP contribution is 2.39. The Balaban J connectivity index is 0.000000185. The molecule has 9 aromatic rings. The SMILES string of the molecule is COC(=O)c1c(OC)c(C(C)Nc2ncnc(N)c2C#N)nc2ccc(F)cc12.COc1c(C(C)Nc2ncnc(N)c2C#N)nc2ccc(F)cc2c1C(=O)O.COc1c(C(C)Nc2ncnc(N)c2C(N)=O)nc2ccc(F)cc2c1C(=O)O. The summed E-state index contributed by atoms with van der Waals surface area (Å²) in [6.45, 7) is 5.07. The van der Waals surface area contributed by atoms with Gasteiger partial charge in [-0.1, -0.05) is 0 Å². The van der Waals surface area contributed by atoms with E-state index < -0.39 is 59.4 Å². The van der Waals surface area contributed by atoms with Crippen LogP contribution in [0.5, 0.6) is 17.2 Å². The Bertz CT molecular complexity index is 4260. The van der Waals surface area contributed by atoms with Crippen molar-refractivity contribution in [2.75, 3.05) is 61.6 Å². The molecule has 86 heavy (non-hydrogen) atoms. The number of primary amides is 1. The molecule has 6 heterocycles. The minimum absolute atomic E-state index is 0.00679. The summed E-state index contributed by atoms with van der Waals surface area (Å²) in [4.78, 5) is 84.5. The van der Waals surface area contributed by atoms with Gasteiger partial charge in [-0.15, -0.1) is 0 Å². The number of anilines is 6. The molecule has 440 valence electrons. The molecule has 0 aliphatic heterocycles. The van der Waals surface area contributed by atoms with E-state index in [-0.39, 0.29) is 124 Å². The maximum atomic E-state index is 13.8. The van der Waals surface area contributed by atoms with Gasteiger partial charge in [-0.05, 0) is 75.4 Å². The van der Waals surface area contributed by atoms with Crippen LogP contribution in [0, 0.1) is 40.1 Å². The number of hydrogen-bond donors (Lipinski definition) is 9. The maximum Gasteiger partial charge on any atom is 0.342 e. The molecule has 28 nitrogen and oxygen atoms in total. The number of hydrogen-bond acceptors (Lipinski definition) is 25. The van der Waals surface area contributed by atoms with Crippen molar-refractivity contribution in [3.05, 3.63) is 141 Å². The molecule has 3 unspecified atom stereocenters. The second kappa shape index (κ2) is 26.3. The van der Waals surface area contributed by atoms with E-state index in [2.05, 4.69) is 60.8 Å². The number of nitrogens with two attached hydrogens (primary N) is 4. The number of nitrogen functional groups attached to an aromatic ring is 3. The van der Waals surface area contributed by atoms with Crippen LogP contribution in [-0.4, -0.2) is 107 Å². The third kappa shape index (κ3) is 12.7. The summed E-state index contributed by atoms with van der Waals surface area (Å²) in [6.07, 6.45) is 3.56. The Morgan fingerprint density at radius 2 is 0.837 bits per heavy atom. The van der Waals surface area contributed by atoms with E-state index >= 15 is 0 Å². The van der Waals surface area contributed by atoms with E-state index in [4.69, 9.17) is 41.9 Å². The summed E-state index contributed by atoms with van der Waals surface area (Å²) >= 11 is 0. The number of esters is 1. The highest BCUT2D eigenvalue weighted by atomic mass is 19.1. The van der Waals surface area contributed by atoms with E-state index in [1.54, 1.807) is 20.8 Å². The maximum absolute atomic E-state index is 13.8. The monoisotopic (exact) mass is 1180 g/mol. The van der Waals surface area contributed by atoms with Crippen LogP contribution in [0.15, 0.2) is 73.6 Å². The average molecular weight is 1180 g/mol. The molecule has 1 amide bonds. The van der Waals surface area contributed by atoms with Gasteiger partial charge in [0.25, 0.3) is 5.91 Å². The molecule has 6 aromatic heterocycles. The summed E-state index contributed by atoms with van der Waals surface area (Å²) in [6, 6.07) is 13.1.